The van der Waals surface area contributed by atoms with Gasteiger partial charge < -0.3 is 14.8 Å². The molecule has 6 rings (SSSR count). The van der Waals surface area contributed by atoms with Crippen LogP contribution in [0.15, 0.2) is 42.6 Å². The van der Waals surface area contributed by atoms with Crippen LogP contribution in [0.3, 0.4) is 0 Å². The highest BCUT2D eigenvalue weighted by Gasteiger charge is 2.44. The summed E-state index contributed by atoms with van der Waals surface area (Å²) in [5.74, 6) is -2.00. The zero-order chi connectivity index (χ0) is 26.6. The van der Waals surface area contributed by atoms with Crippen LogP contribution in [0, 0.1) is 6.92 Å². The van der Waals surface area contributed by atoms with E-state index < -0.39 is 29.7 Å². The summed E-state index contributed by atoms with van der Waals surface area (Å²) in [5, 5.41) is 3.28. The number of aromatic amines is 1. The average Bonchev–Trinajstić information content (AvgIpc) is 3.43. The Kier molecular flexibility index (Phi) is 5.74. The van der Waals surface area contributed by atoms with Gasteiger partial charge in [-0.25, -0.2) is 0 Å². The molecule has 2 fully saturated rings. The zero-order valence-electron chi connectivity index (χ0n) is 21.0. The minimum Gasteiger partial charge on any atom is -0.368 e. The maximum absolute atomic E-state index is 13.1. The molecule has 3 aromatic rings. The number of aromatic nitrogens is 1. The Hall–Kier alpha value is -4.47. The molecule has 2 saturated heterocycles. The molecule has 1 atom stereocenters. The van der Waals surface area contributed by atoms with Gasteiger partial charge in [-0.3, -0.25) is 34.2 Å². The van der Waals surface area contributed by atoms with E-state index in [-0.39, 0.29) is 29.9 Å². The first kappa shape index (κ1) is 23.9. The van der Waals surface area contributed by atoms with Crippen LogP contribution in [0.5, 0.6) is 0 Å². The van der Waals surface area contributed by atoms with Crippen LogP contribution in [0.25, 0.3) is 10.9 Å². The molecule has 10 heteroatoms. The van der Waals surface area contributed by atoms with Gasteiger partial charge >= 0.3 is 0 Å². The molecule has 0 radical (unpaired) electrons. The van der Waals surface area contributed by atoms with Crippen molar-refractivity contribution in [1.29, 1.82) is 0 Å². The minimum atomic E-state index is -0.987. The fraction of sp³-hybridized carbons (Fsp3) is 0.321. The van der Waals surface area contributed by atoms with Crippen LogP contribution in [0.1, 0.15) is 44.7 Å². The molecule has 0 bridgehead atoms. The van der Waals surface area contributed by atoms with E-state index in [1.165, 1.54) is 0 Å². The Morgan fingerprint density at radius 1 is 0.974 bits per heavy atom. The first-order valence-corrected chi connectivity index (χ1v) is 12.8. The first-order chi connectivity index (χ1) is 18.3. The normalized spacial score (nSPS) is 19.8. The van der Waals surface area contributed by atoms with Crippen molar-refractivity contribution in [3.05, 3.63) is 64.8 Å². The second-order valence-corrected chi connectivity index (χ2v) is 10.0. The molecule has 3 aliphatic rings. The van der Waals surface area contributed by atoms with Crippen molar-refractivity contribution >= 4 is 46.1 Å². The second kappa shape index (κ2) is 9.13. The van der Waals surface area contributed by atoms with Crippen molar-refractivity contribution in [2.24, 2.45) is 0 Å². The van der Waals surface area contributed by atoms with Crippen molar-refractivity contribution in [2.45, 2.75) is 32.2 Å². The summed E-state index contributed by atoms with van der Waals surface area (Å²) in [7, 11) is 0. The molecule has 1 unspecified atom stereocenters. The molecule has 5 amide bonds. The number of H-pyrrole nitrogens is 1. The summed E-state index contributed by atoms with van der Waals surface area (Å²) in [6.45, 7) is 4.32. The van der Waals surface area contributed by atoms with E-state index in [0.29, 0.717) is 32.6 Å². The monoisotopic (exact) mass is 513 g/mol. The summed E-state index contributed by atoms with van der Waals surface area (Å²) in [5.41, 5.74) is 4.48. The smallest absolute Gasteiger partial charge is 0.262 e. The molecule has 38 heavy (non-hydrogen) atoms. The number of hydrogen-bond acceptors (Lipinski definition) is 6. The lowest BCUT2D eigenvalue weighted by Crippen LogP contribution is -2.54. The summed E-state index contributed by atoms with van der Waals surface area (Å²) in [6, 6.07) is 10.2. The number of hydrogen-bond donors (Lipinski definition) is 2. The number of rotatable bonds is 4. The molecular weight excluding hydrogens is 486 g/mol. The maximum Gasteiger partial charge on any atom is 0.262 e. The lowest BCUT2D eigenvalue weighted by molar-refractivity contribution is -0.136. The number of piperazine rings is 1. The maximum atomic E-state index is 13.1. The molecule has 3 aliphatic heterocycles. The third-order valence-corrected chi connectivity index (χ3v) is 7.77. The van der Waals surface area contributed by atoms with Gasteiger partial charge in [-0.1, -0.05) is 18.2 Å². The van der Waals surface area contributed by atoms with E-state index >= 15 is 0 Å². The molecule has 194 valence electrons. The Balaban J connectivity index is 1.12. The quantitative estimate of drug-likeness (QED) is 0.513. The number of carbonyl (C=O) groups excluding carboxylic acids is 5. The molecular formula is C28H27N5O5. The molecule has 4 heterocycles. The van der Waals surface area contributed by atoms with Crippen LogP contribution >= 0.6 is 0 Å². The number of aryl methyl sites for hydroxylation is 1. The van der Waals surface area contributed by atoms with Gasteiger partial charge in [-0.05, 0) is 42.7 Å². The summed E-state index contributed by atoms with van der Waals surface area (Å²) < 4.78 is 0. The molecule has 2 N–H and O–H groups in total. The van der Waals surface area contributed by atoms with Crippen LogP contribution in [0.4, 0.5) is 5.69 Å². The summed E-state index contributed by atoms with van der Waals surface area (Å²) >= 11 is 0. The number of imide groups is 2. The molecule has 2 aromatic carbocycles. The van der Waals surface area contributed by atoms with E-state index in [4.69, 9.17) is 0 Å². The highest BCUT2D eigenvalue weighted by Crippen LogP contribution is 2.31. The third kappa shape index (κ3) is 3.93. The predicted molar refractivity (Wildman–Crippen MR) is 139 cm³/mol. The van der Waals surface area contributed by atoms with Gasteiger partial charge in [0.2, 0.25) is 17.7 Å². The fourth-order valence-corrected chi connectivity index (χ4v) is 5.65. The van der Waals surface area contributed by atoms with Crippen LogP contribution in [-0.2, 0) is 20.8 Å². The number of piperidine rings is 1. The van der Waals surface area contributed by atoms with Crippen LogP contribution < -0.4 is 10.2 Å². The van der Waals surface area contributed by atoms with Crippen molar-refractivity contribution in [3.8, 4) is 0 Å². The SMILES string of the molecule is Cc1cccc2c(CC(=O)N3CCN(c4ccc5c(c4)C(=O)N(C4CCC(=O)NC4=O)C5=O)CC3)c[nH]c12. The number of carbonyl (C=O) groups is 5. The Morgan fingerprint density at radius 2 is 1.74 bits per heavy atom. The lowest BCUT2D eigenvalue weighted by atomic mass is 10.0. The number of anilines is 1. The predicted octanol–water partition coefficient (Wildman–Crippen LogP) is 1.77. The second-order valence-electron chi connectivity index (χ2n) is 10.0. The van der Waals surface area contributed by atoms with Crippen LogP contribution in [0.2, 0.25) is 0 Å². The standard InChI is InChI=1S/C28H27N5O5/c1-16-3-2-4-19-17(15-29-25(16)19)13-24(35)32-11-9-31(10-12-32)18-5-6-20-21(14-18)28(38)33(27(20)37)22-7-8-23(34)30-26(22)36/h2-6,14-15,22,29H,7-13H2,1H3,(H,30,34,36). The average molecular weight is 514 g/mol. The molecule has 0 spiro atoms. The molecule has 0 saturated carbocycles. The van der Waals surface area contributed by atoms with E-state index in [0.717, 1.165) is 32.6 Å². The van der Waals surface area contributed by atoms with Crippen molar-refractivity contribution < 1.29 is 24.0 Å². The third-order valence-electron chi connectivity index (χ3n) is 7.77. The van der Waals surface area contributed by atoms with Gasteiger partial charge in [-0.2, -0.15) is 0 Å². The Bertz CT molecular complexity index is 1520. The van der Waals surface area contributed by atoms with Crippen molar-refractivity contribution in [2.75, 3.05) is 31.1 Å². The van der Waals surface area contributed by atoms with Crippen molar-refractivity contribution in [3.63, 3.8) is 0 Å². The fourth-order valence-electron chi connectivity index (χ4n) is 5.65. The Labute approximate surface area is 218 Å². The zero-order valence-corrected chi connectivity index (χ0v) is 21.0. The summed E-state index contributed by atoms with van der Waals surface area (Å²) in [4.78, 5) is 71.1. The highest BCUT2D eigenvalue weighted by molar-refractivity contribution is 6.23. The van der Waals surface area contributed by atoms with E-state index in [1.807, 2.05) is 36.2 Å². The molecule has 1 aromatic heterocycles. The van der Waals surface area contributed by atoms with Gasteiger partial charge in [0.25, 0.3) is 11.8 Å². The van der Waals surface area contributed by atoms with Crippen molar-refractivity contribution in [1.82, 2.24) is 20.1 Å². The van der Waals surface area contributed by atoms with Gasteiger partial charge in [0, 0.05) is 55.4 Å². The molecule has 0 aliphatic carbocycles. The highest BCUT2D eigenvalue weighted by atomic mass is 16.2. The Morgan fingerprint density at radius 3 is 2.50 bits per heavy atom. The van der Waals surface area contributed by atoms with Gasteiger partial charge in [0.1, 0.15) is 6.04 Å². The number of fused-ring (bicyclic) bond motifs is 2. The minimum absolute atomic E-state index is 0.0710. The number of nitrogens with zero attached hydrogens (tertiary/aromatic N) is 3. The van der Waals surface area contributed by atoms with E-state index in [2.05, 4.69) is 15.2 Å². The van der Waals surface area contributed by atoms with Crippen LogP contribution in [-0.4, -0.2) is 76.5 Å². The van der Waals surface area contributed by atoms with E-state index in [1.54, 1.807) is 18.2 Å². The van der Waals surface area contributed by atoms with E-state index in [9.17, 15) is 24.0 Å². The number of para-hydroxylation sites is 1. The largest absolute Gasteiger partial charge is 0.368 e. The number of amides is 5. The topological polar surface area (TPSA) is 123 Å². The van der Waals surface area contributed by atoms with Gasteiger partial charge in [-0.15, -0.1) is 0 Å². The number of benzene rings is 2. The van der Waals surface area contributed by atoms with Gasteiger partial charge in [0.05, 0.1) is 17.5 Å². The number of nitrogens with one attached hydrogen (secondary N) is 2. The molecule has 10 nitrogen and oxygen atoms in total. The summed E-state index contributed by atoms with van der Waals surface area (Å²) in [6.07, 6.45) is 2.44. The first-order valence-electron chi connectivity index (χ1n) is 12.8. The lowest BCUT2D eigenvalue weighted by Gasteiger charge is -2.36. The van der Waals surface area contributed by atoms with Gasteiger partial charge in [0.15, 0.2) is 0 Å².